The molecular weight excluding hydrogens is 809 g/mol. The lowest BCUT2D eigenvalue weighted by Crippen LogP contribution is -2.45. The highest BCUT2D eigenvalue weighted by Crippen LogP contribution is 2.55. The molecule has 14 nitrogen and oxygen atoms in total. The maximum atomic E-state index is 14.4. The van der Waals surface area contributed by atoms with Crippen LogP contribution in [0.3, 0.4) is 0 Å². The lowest BCUT2D eigenvalue weighted by Gasteiger charge is -2.31. The van der Waals surface area contributed by atoms with E-state index in [9.17, 15) is 24.3 Å². The van der Waals surface area contributed by atoms with E-state index in [1.54, 1.807) is 24.3 Å². The van der Waals surface area contributed by atoms with Crippen LogP contribution in [0.15, 0.2) is 122 Å². The molecule has 5 fully saturated rings. The van der Waals surface area contributed by atoms with Crippen LogP contribution in [0.25, 0.3) is 33.6 Å². The Morgan fingerprint density at radius 3 is 1.73 bits per heavy atom. The number of alkyl carbamates (subject to hydrolysis) is 1. The van der Waals surface area contributed by atoms with Gasteiger partial charge in [-0.1, -0.05) is 109 Å². The summed E-state index contributed by atoms with van der Waals surface area (Å²) in [6.45, 7) is 0. The molecule has 2 saturated heterocycles. The van der Waals surface area contributed by atoms with Gasteiger partial charge in [0.1, 0.15) is 29.8 Å². The zero-order chi connectivity index (χ0) is 43.5. The second-order valence-electron chi connectivity index (χ2n) is 17.9. The van der Waals surface area contributed by atoms with Crippen LogP contribution in [-0.4, -0.2) is 77.0 Å². The van der Waals surface area contributed by atoms with Crippen molar-refractivity contribution in [2.75, 3.05) is 0 Å². The fraction of sp³-hybridized carbons (Fsp3) is 0.320. The van der Waals surface area contributed by atoms with Gasteiger partial charge in [-0.2, -0.15) is 0 Å². The summed E-state index contributed by atoms with van der Waals surface area (Å²) in [4.78, 5) is 73.4. The highest BCUT2D eigenvalue weighted by Gasteiger charge is 2.57. The number of carbonyl (C=O) groups is 4. The summed E-state index contributed by atoms with van der Waals surface area (Å²) in [6, 6.07) is 32.7. The third-order valence-corrected chi connectivity index (χ3v) is 13.9. The topological polar surface area (TPSA) is 186 Å². The molecular formula is C50H48N8O6. The minimum atomic E-state index is -1.25. The number of carbonyl (C=O) groups excluding carboxylic acids is 3. The monoisotopic (exact) mass is 856 g/mol. The second kappa shape index (κ2) is 16.2. The average Bonchev–Trinajstić information content (AvgIpc) is 3.89. The second-order valence-corrected chi connectivity index (χ2v) is 17.9. The summed E-state index contributed by atoms with van der Waals surface area (Å²) in [6.07, 6.45) is 7.98. The first kappa shape index (κ1) is 39.6. The van der Waals surface area contributed by atoms with Crippen LogP contribution in [0.1, 0.15) is 91.9 Å². The summed E-state index contributed by atoms with van der Waals surface area (Å²) in [7, 11) is 0. The van der Waals surface area contributed by atoms with Crippen LogP contribution < -0.4 is 10.6 Å². The summed E-state index contributed by atoms with van der Waals surface area (Å²) < 4.78 is 5.60. The van der Waals surface area contributed by atoms with E-state index in [-0.39, 0.29) is 42.1 Å². The van der Waals surface area contributed by atoms with Crippen LogP contribution in [0.2, 0.25) is 0 Å². The molecule has 8 atom stereocenters. The number of imidazole rings is 2. The molecule has 6 aromatic rings. The minimum absolute atomic E-state index is 0.0736. The highest BCUT2D eigenvalue weighted by molar-refractivity contribution is 5.89. The molecule has 4 amide bonds. The molecule has 5 N–H and O–H groups in total. The normalized spacial score (nSPS) is 23.9. The van der Waals surface area contributed by atoms with Gasteiger partial charge in [-0.25, -0.2) is 19.6 Å². The molecule has 2 aromatic heterocycles. The van der Waals surface area contributed by atoms with Gasteiger partial charge in [-0.3, -0.25) is 9.59 Å². The van der Waals surface area contributed by atoms with Gasteiger partial charge in [0, 0.05) is 23.8 Å². The number of amides is 4. The third-order valence-electron chi connectivity index (χ3n) is 13.9. The molecule has 4 aromatic carbocycles. The Labute approximate surface area is 369 Å². The number of aromatic amines is 2. The van der Waals surface area contributed by atoms with Crippen molar-refractivity contribution in [3.63, 3.8) is 0 Å². The molecule has 0 unspecified atom stereocenters. The number of likely N-dealkylation sites (tertiary alicyclic amines) is 2. The van der Waals surface area contributed by atoms with Crippen molar-refractivity contribution in [1.29, 1.82) is 0 Å². The predicted molar refractivity (Wildman–Crippen MR) is 236 cm³/mol. The van der Waals surface area contributed by atoms with E-state index in [1.165, 1.54) is 0 Å². The molecule has 11 rings (SSSR count). The molecule has 2 aliphatic heterocycles. The van der Waals surface area contributed by atoms with Crippen LogP contribution in [-0.2, 0) is 14.3 Å². The maximum absolute atomic E-state index is 14.4. The van der Waals surface area contributed by atoms with Gasteiger partial charge in [0.15, 0.2) is 0 Å². The van der Waals surface area contributed by atoms with Crippen molar-refractivity contribution < 1.29 is 29.0 Å². The number of H-pyrrole nitrogens is 2. The number of piperidine rings is 2. The molecule has 0 bridgehead atoms. The van der Waals surface area contributed by atoms with Crippen molar-refractivity contribution in [3.8, 4) is 33.6 Å². The first-order valence-electron chi connectivity index (χ1n) is 22.3. The van der Waals surface area contributed by atoms with Gasteiger partial charge < -0.3 is 40.2 Å². The number of rotatable bonds is 12. The van der Waals surface area contributed by atoms with Gasteiger partial charge >= 0.3 is 12.2 Å². The standard InChI is InChI=1S/C50H48N8O6/c59-47(43(55-49(61)62)32-8-3-1-4-9-32)57-39-22-34(39)24-41(57)45-51-26-37(53-45)30-18-14-28(15-19-30)29-16-20-31(21-17-29)38-27-52-46(54-38)42-25-35-23-40(35)58(42)48(60)44(33-10-5-2-6-11-33)56-50(63)64-36-12-7-13-36/h1-6,8-11,14-21,26-27,34-36,39-44,55H,7,12-13,22-25H2,(H,51,53)(H,52,54)(H,56,63)(H,61,62)/t34-,35+,39-,40-,41+,42+,43-,44-/m1/s1. The van der Waals surface area contributed by atoms with Crippen LogP contribution in [0, 0.1) is 11.8 Å². The SMILES string of the molecule is O=C(O)N[C@@H](C(=O)N1[C@@H]2C[C@@H]2C[C@H]1c1nc(-c2ccc(-c3ccc(-c4cnc([C@@H]5C[C@@H]6C[C@H]6N5C(=O)[C@H](NC(=O)OC5CCC5)c5ccccc5)[nH]4)cc3)cc2)c[nH]1)c1ccccc1. The number of benzene rings is 4. The number of fused-ring (bicyclic) bond motifs is 2. The number of nitrogens with one attached hydrogen (secondary N) is 4. The van der Waals surface area contributed by atoms with E-state index in [2.05, 4.69) is 57.0 Å². The lowest BCUT2D eigenvalue weighted by atomic mass is 9.96. The average molecular weight is 857 g/mol. The highest BCUT2D eigenvalue weighted by atomic mass is 16.6. The summed E-state index contributed by atoms with van der Waals surface area (Å²) in [5.74, 6) is 1.79. The van der Waals surface area contributed by atoms with E-state index in [1.807, 2.05) is 70.7 Å². The number of ether oxygens (including phenoxy) is 1. The van der Waals surface area contributed by atoms with Crippen LogP contribution in [0.4, 0.5) is 9.59 Å². The molecule has 3 saturated carbocycles. The van der Waals surface area contributed by atoms with Gasteiger partial charge in [0.25, 0.3) is 11.8 Å². The molecule has 0 spiro atoms. The number of hydrogen-bond acceptors (Lipinski definition) is 7. The lowest BCUT2D eigenvalue weighted by molar-refractivity contribution is -0.136. The molecule has 3 aliphatic carbocycles. The zero-order valence-electron chi connectivity index (χ0n) is 35.0. The van der Waals surface area contributed by atoms with Gasteiger partial charge in [0.05, 0.1) is 29.7 Å². The zero-order valence-corrected chi connectivity index (χ0v) is 35.0. The van der Waals surface area contributed by atoms with Gasteiger partial charge in [-0.05, 0) is 84.6 Å². The van der Waals surface area contributed by atoms with Crippen molar-refractivity contribution in [2.24, 2.45) is 11.8 Å². The first-order valence-corrected chi connectivity index (χ1v) is 22.3. The third kappa shape index (κ3) is 7.56. The van der Waals surface area contributed by atoms with Crippen molar-refractivity contribution in [3.05, 3.63) is 144 Å². The number of hydrogen-bond donors (Lipinski definition) is 5. The Morgan fingerprint density at radius 1 is 0.656 bits per heavy atom. The fourth-order valence-electron chi connectivity index (χ4n) is 10.1. The van der Waals surface area contributed by atoms with E-state index in [4.69, 9.17) is 14.7 Å². The Bertz CT molecular complexity index is 2700. The van der Waals surface area contributed by atoms with Gasteiger partial charge in [0.2, 0.25) is 0 Å². The van der Waals surface area contributed by atoms with E-state index in [0.717, 1.165) is 90.0 Å². The van der Waals surface area contributed by atoms with E-state index in [0.29, 0.717) is 23.2 Å². The first-order chi connectivity index (χ1) is 31.3. The number of carboxylic acid groups (broad SMARTS) is 1. The molecule has 64 heavy (non-hydrogen) atoms. The largest absolute Gasteiger partial charge is 0.465 e. The number of aromatic nitrogens is 4. The fourth-order valence-corrected chi connectivity index (χ4v) is 10.1. The van der Waals surface area contributed by atoms with Crippen molar-refractivity contribution in [2.45, 2.75) is 87.3 Å². The number of nitrogens with zero attached hydrogens (tertiary/aromatic N) is 4. The van der Waals surface area contributed by atoms with Crippen LogP contribution >= 0.6 is 0 Å². The molecule has 4 heterocycles. The Balaban J connectivity index is 0.761. The summed E-state index contributed by atoms with van der Waals surface area (Å²) in [5, 5.41) is 14.9. The van der Waals surface area contributed by atoms with Crippen molar-refractivity contribution in [1.82, 2.24) is 40.4 Å². The predicted octanol–water partition coefficient (Wildman–Crippen LogP) is 8.49. The Kier molecular flexibility index (Phi) is 10.0. The summed E-state index contributed by atoms with van der Waals surface area (Å²) >= 11 is 0. The van der Waals surface area contributed by atoms with Crippen LogP contribution in [0.5, 0.6) is 0 Å². The van der Waals surface area contributed by atoms with Crippen molar-refractivity contribution >= 4 is 24.0 Å². The van der Waals surface area contributed by atoms with Gasteiger partial charge in [-0.15, -0.1) is 0 Å². The molecule has 5 aliphatic rings. The molecule has 324 valence electrons. The smallest absolute Gasteiger partial charge is 0.408 e. The quantitative estimate of drug-likeness (QED) is 0.0811. The molecule has 14 heteroatoms. The summed E-state index contributed by atoms with van der Waals surface area (Å²) in [5.41, 5.74) is 6.93. The maximum Gasteiger partial charge on any atom is 0.408 e. The molecule has 0 radical (unpaired) electrons. The minimum Gasteiger partial charge on any atom is -0.465 e. The van der Waals surface area contributed by atoms with E-state index < -0.39 is 24.3 Å². The Hall–Kier alpha value is -7.22. The Morgan fingerprint density at radius 2 is 1.19 bits per heavy atom. The van der Waals surface area contributed by atoms with E-state index >= 15 is 0 Å².